The Morgan fingerprint density at radius 2 is 2.11 bits per heavy atom. The molecule has 0 amide bonds. The molecule has 1 aromatic heterocycles. The largest absolute Gasteiger partial charge is 0.397 e. The molecule has 0 bridgehead atoms. The third kappa shape index (κ3) is 2.76. The van der Waals surface area contributed by atoms with E-state index >= 15 is 0 Å². The van der Waals surface area contributed by atoms with Crippen LogP contribution in [0.25, 0.3) is 0 Å². The first kappa shape index (κ1) is 13.2. The number of pyridine rings is 1. The molecule has 0 aliphatic carbocycles. The molecule has 0 aliphatic heterocycles. The average molecular weight is 328 g/mol. The van der Waals surface area contributed by atoms with Crippen molar-refractivity contribution in [1.82, 2.24) is 4.57 Å². The number of hydrogen-bond donors (Lipinski definition) is 1. The van der Waals surface area contributed by atoms with Gasteiger partial charge in [0.2, 0.25) is 0 Å². The average Bonchev–Trinajstić information content (AvgIpc) is 2.29. The number of nitrogens with zero attached hydrogens (tertiary/aromatic N) is 1. The summed E-state index contributed by atoms with van der Waals surface area (Å²) >= 11 is 9.47. The van der Waals surface area contributed by atoms with Crippen molar-refractivity contribution in [3.63, 3.8) is 0 Å². The van der Waals surface area contributed by atoms with Crippen LogP contribution >= 0.6 is 27.5 Å². The van der Waals surface area contributed by atoms with Gasteiger partial charge in [-0.25, -0.2) is 0 Å². The van der Waals surface area contributed by atoms with Gasteiger partial charge in [-0.15, -0.1) is 0 Å². The predicted molar refractivity (Wildman–Crippen MR) is 78.1 cm³/mol. The fourth-order valence-electron chi connectivity index (χ4n) is 1.64. The molecule has 1 heterocycles. The number of hydrogen-bond acceptors (Lipinski definition) is 2. The normalized spacial score (nSPS) is 10.6. The Morgan fingerprint density at radius 1 is 1.39 bits per heavy atom. The lowest BCUT2D eigenvalue weighted by Crippen LogP contribution is -2.20. The Hall–Kier alpha value is -1.26. The Kier molecular flexibility index (Phi) is 3.78. The fourth-order valence-corrected chi connectivity index (χ4v) is 2.37. The summed E-state index contributed by atoms with van der Waals surface area (Å²) in [5.74, 6) is 0. The molecule has 0 radical (unpaired) electrons. The topological polar surface area (TPSA) is 48.0 Å². The van der Waals surface area contributed by atoms with Gasteiger partial charge in [0.25, 0.3) is 5.56 Å². The van der Waals surface area contributed by atoms with Crippen LogP contribution in [0.5, 0.6) is 0 Å². The molecule has 5 heteroatoms. The smallest absolute Gasteiger partial charge is 0.251 e. The van der Waals surface area contributed by atoms with Gasteiger partial charge in [0.05, 0.1) is 12.2 Å². The highest BCUT2D eigenvalue weighted by atomic mass is 79.9. The van der Waals surface area contributed by atoms with Gasteiger partial charge in [0.15, 0.2) is 0 Å². The molecule has 18 heavy (non-hydrogen) atoms. The van der Waals surface area contributed by atoms with Crippen molar-refractivity contribution in [1.29, 1.82) is 0 Å². The van der Waals surface area contributed by atoms with Crippen LogP contribution < -0.4 is 11.3 Å². The van der Waals surface area contributed by atoms with Crippen LogP contribution in [-0.4, -0.2) is 4.57 Å². The Labute approximate surface area is 118 Å². The molecule has 0 unspecified atom stereocenters. The van der Waals surface area contributed by atoms with Crippen LogP contribution in [0.4, 0.5) is 5.69 Å². The highest BCUT2D eigenvalue weighted by Gasteiger charge is 2.05. The molecular formula is C13H12BrClN2O. The minimum absolute atomic E-state index is 0.0827. The van der Waals surface area contributed by atoms with Crippen molar-refractivity contribution in [2.45, 2.75) is 13.5 Å². The first-order valence-electron chi connectivity index (χ1n) is 5.38. The zero-order valence-electron chi connectivity index (χ0n) is 9.78. The number of anilines is 1. The number of aromatic nitrogens is 1. The van der Waals surface area contributed by atoms with Gasteiger partial charge in [0.1, 0.15) is 0 Å². The Bertz CT molecular complexity index is 652. The first-order valence-corrected chi connectivity index (χ1v) is 6.55. The molecule has 2 aromatic rings. The summed E-state index contributed by atoms with van der Waals surface area (Å²) in [6.07, 6.45) is 1.65. The SMILES string of the molecule is Cc1cc(=O)n(Cc2ccc(Br)cc2Cl)cc1N. The molecule has 94 valence electrons. The van der Waals surface area contributed by atoms with E-state index in [4.69, 9.17) is 17.3 Å². The van der Waals surface area contributed by atoms with E-state index < -0.39 is 0 Å². The molecule has 0 saturated heterocycles. The summed E-state index contributed by atoms with van der Waals surface area (Å²) in [5, 5.41) is 0.621. The maximum absolute atomic E-state index is 11.8. The van der Waals surface area contributed by atoms with Crippen molar-refractivity contribution < 1.29 is 0 Å². The third-order valence-corrected chi connectivity index (χ3v) is 3.57. The minimum atomic E-state index is -0.0827. The molecule has 0 aliphatic rings. The van der Waals surface area contributed by atoms with Crippen LogP contribution in [0.3, 0.4) is 0 Å². The number of benzene rings is 1. The van der Waals surface area contributed by atoms with E-state index in [0.717, 1.165) is 15.6 Å². The van der Waals surface area contributed by atoms with Crippen molar-refractivity contribution in [2.24, 2.45) is 0 Å². The summed E-state index contributed by atoms with van der Waals surface area (Å²) in [5.41, 5.74) is 7.99. The Balaban J connectivity index is 2.40. The lowest BCUT2D eigenvalue weighted by atomic mass is 10.2. The minimum Gasteiger partial charge on any atom is -0.397 e. The summed E-state index contributed by atoms with van der Waals surface area (Å²) in [6.45, 7) is 2.23. The van der Waals surface area contributed by atoms with E-state index in [1.54, 1.807) is 16.8 Å². The van der Waals surface area contributed by atoms with E-state index in [9.17, 15) is 4.79 Å². The predicted octanol–water partition coefficient (Wildman–Crippen LogP) is 3.20. The summed E-state index contributed by atoms with van der Waals surface area (Å²) in [7, 11) is 0. The second-order valence-corrected chi connectivity index (χ2v) is 5.44. The van der Waals surface area contributed by atoms with Gasteiger partial charge in [-0.1, -0.05) is 33.6 Å². The van der Waals surface area contributed by atoms with Gasteiger partial charge < -0.3 is 10.3 Å². The van der Waals surface area contributed by atoms with E-state index in [0.29, 0.717) is 17.3 Å². The van der Waals surface area contributed by atoms with Crippen LogP contribution in [0.15, 0.2) is 39.7 Å². The monoisotopic (exact) mass is 326 g/mol. The van der Waals surface area contributed by atoms with Crippen molar-refractivity contribution >= 4 is 33.2 Å². The van der Waals surface area contributed by atoms with Crippen LogP contribution in [0, 0.1) is 6.92 Å². The summed E-state index contributed by atoms with van der Waals surface area (Å²) in [6, 6.07) is 7.11. The number of halogens is 2. The van der Waals surface area contributed by atoms with E-state index in [-0.39, 0.29) is 5.56 Å². The molecule has 0 spiro atoms. The lowest BCUT2D eigenvalue weighted by Gasteiger charge is -2.10. The molecule has 0 fully saturated rings. The lowest BCUT2D eigenvalue weighted by molar-refractivity contribution is 0.759. The number of aryl methyl sites for hydroxylation is 1. The standard InChI is InChI=1S/C13H12BrClN2O/c1-8-4-13(18)17(7-12(8)16)6-9-2-3-10(14)5-11(9)15/h2-5,7H,6,16H2,1H3. The molecule has 1 aromatic carbocycles. The molecule has 2 rings (SSSR count). The van der Waals surface area contributed by atoms with Gasteiger partial charge in [0, 0.05) is 21.8 Å². The number of nitrogen functional groups attached to an aromatic ring is 1. The van der Waals surface area contributed by atoms with E-state index in [1.165, 1.54) is 6.07 Å². The fraction of sp³-hybridized carbons (Fsp3) is 0.154. The van der Waals surface area contributed by atoms with Crippen LogP contribution in [0.1, 0.15) is 11.1 Å². The van der Waals surface area contributed by atoms with Gasteiger partial charge in [-0.05, 0) is 30.2 Å². The molecule has 0 atom stereocenters. The zero-order valence-corrected chi connectivity index (χ0v) is 12.1. The van der Waals surface area contributed by atoms with Crippen LogP contribution in [-0.2, 0) is 6.54 Å². The Morgan fingerprint density at radius 3 is 2.78 bits per heavy atom. The van der Waals surface area contributed by atoms with Crippen molar-refractivity contribution in [3.8, 4) is 0 Å². The highest BCUT2D eigenvalue weighted by molar-refractivity contribution is 9.10. The van der Waals surface area contributed by atoms with Gasteiger partial charge >= 0.3 is 0 Å². The summed E-state index contributed by atoms with van der Waals surface area (Å²) in [4.78, 5) is 11.8. The van der Waals surface area contributed by atoms with Gasteiger partial charge in [-0.2, -0.15) is 0 Å². The highest BCUT2D eigenvalue weighted by Crippen LogP contribution is 2.22. The number of rotatable bonds is 2. The van der Waals surface area contributed by atoms with E-state index in [1.807, 2.05) is 19.1 Å². The maximum atomic E-state index is 11.8. The molecule has 2 N–H and O–H groups in total. The van der Waals surface area contributed by atoms with Gasteiger partial charge in [-0.3, -0.25) is 4.79 Å². The first-order chi connectivity index (χ1) is 8.47. The number of nitrogens with two attached hydrogens (primary N) is 1. The molecular weight excluding hydrogens is 316 g/mol. The van der Waals surface area contributed by atoms with Crippen LogP contribution in [0.2, 0.25) is 5.02 Å². The third-order valence-electron chi connectivity index (χ3n) is 2.73. The summed E-state index contributed by atoms with van der Waals surface area (Å²) < 4.78 is 2.46. The second-order valence-electron chi connectivity index (χ2n) is 4.11. The molecule has 3 nitrogen and oxygen atoms in total. The second kappa shape index (κ2) is 5.16. The quantitative estimate of drug-likeness (QED) is 0.921. The van der Waals surface area contributed by atoms with Crippen molar-refractivity contribution in [2.75, 3.05) is 5.73 Å². The zero-order chi connectivity index (χ0) is 13.3. The maximum Gasteiger partial charge on any atom is 0.251 e. The molecule has 0 saturated carbocycles. The van der Waals surface area contributed by atoms with E-state index in [2.05, 4.69) is 15.9 Å². The van der Waals surface area contributed by atoms with Crippen molar-refractivity contribution in [3.05, 3.63) is 61.4 Å².